The first kappa shape index (κ1) is 11.7. The number of piperidine rings is 1. The van der Waals surface area contributed by atoms with Crippen LogP contribution in [-0.4, -0.2) is 24.0 Å². The summed E-state index contributed by atoms with van der Waals surface area (Å²) in [7, 11) is 0. The van der Waals surface area contributed by atoms with Gasteiger partial charge >= 0.3 is 0 Å². The lowest BCUT2D eigenvalue weighted by Gasteiger charge is -2.26. The molecule has 0 atom stereocenters. The molecule has 0 saturated carbocycles. The van der Waals surface area contributed by atoms with Gasteiger partial charge in [-0.15, -0.1) is 0 Å². The number of hydrogen-bond donors (Lipinski definition) is 1. The van der Waals surface area contributed by atoms with Crippen molar-refractivity contribution < 1.29 is 4.79 Å². The molecular weight excluding hydrogens is 224 g/mol. The quantitative estimate of drug-likeness (QED) is 0.866. The second-order valence-corrected chi connectivity index (χ2v) is 5.33. The largest absolute Gasteiger partial charge is 0.285 e. The summed E-state index contributed by atoms with van der Waals surface area (Å²) in [6.45, 7) is 1.97. The van der Waals surface area contributed by atoms with Crippen LogP contribution in [-0.2, 0) is 12.8 Å². The van der Waals surface area contributed by atoms with Crippen LogP contribution in [0.25, 0.3) is 0 Å². The van der Waals surface area contributed by atoms with E-state index in [9.17, 15) is 4.79 Å². The number of carbonyl (C=O) groups is 1. The summed E-state index contributed by atoms with van der Waals surface area (Å²) in [4.78, 5) is 12.2. The molecule has 1 aliphatic carbocycles. The molecule has 1 fully saturated rings. The lowest BCUT2D eigenvalue weighted by Crippen LogP contribution is -2.45. The second kappa shape index (κ2) is 5.11. The maximum Gasteiger partial charge on any atom is 0.265 e. The van der Waals surface area contributed by atoms with Crippen LogP contribution in [0.4, 0.5) is 0 Å². The van der Waals surface area contributed by atoms with Crippen LogP contribution < -0.4 is 5.43 Å². The van der Waals surface area contributed by atoms with Crippen LogP contribution in [0.2, 0.25) is 0 Å². The van der Waals surface area contributed by atoms with E-state index in [1.54, 1.807) is 0 Å². The molecule has 1 aromatic rings. The van der Waals surface area contributed by atoms with Gasteiger partial charge in [-0.1, -0.05) is 12.5 Å². The van der Waals surface area contributed by atoms with E-state index in [0.29, 0.717) is 0 Å². The smallest absolute Gasteiger partial charge is 0.265 e. The summed E-state index contributed by atoms with van der Waals surface area (Å²) in [6, 6.07) is 6.15. The van der Waals surface area contributed by atoms with Crippen LogP contribution in [0.3, 0.4) is 0 Å². The summed E-state index contributed by atoms with van der Waals surface area (Å²) in [5.74, 6) is 0.0478. The van der Waals surface area contributed by atoms with Gasteiger partial charge in [0.05, 0.1) is 0 Å². The van der Waals surface area contributed by atoms with Crippen molar-refractivity contribution in [1.82, 2.24) is 10.4 Å². The SMILES string of the molecule is O=C(NN1CCCCC1)c1ccc2c(c1)CCC2. The Labute approximate surface area is 108 Å². The number of aryl methyl sites for hydroxylation is 2. The number of fused-ring (bicyclic) bond motifs is 1. The van der Waals surface area contributed by atoms with Gasteiger partial charge in [0.1, 0.15) is 0 Å². The van der Waals surface area contributed by atoms with Gasteiger partial charge in [0.25, 0.3) is 5.91 Å². The number of amides is 1. The molecule has 1 N–H and O–H groups in total. The summed E-state index contributed by atoms with van der Waals surface area (Å²) in [5.41, 5.74) is 6.61. The molecule has 1 heterocycles. The highest BCUT2D eigenvalue weighted by atomic mass is 16.2. The zero-order valence-electron chi connectivity index (χ0n) is 10.7. The maximum atomic E-state index is 12.2. The fraction of sp³-hybridized carbons (Fsp3) is 0.533. The molecule has 0 aromatic heterocycles. The van der Waals surface area contributed by atoms with Crippen molar-refractivity contribution in [2.75, 3.05) is 13.1 Å². The molecule has 0 spiro atoms. The lowest BCUT2D eigenvalue weighted by molar-refractivity contribution is 0.0750. The average Bonchev–Trinajstić information content (AvgIpc) is 2.87. The molecule has 0 radical (unpaired) electrons. The van der Waals surface area contributed by atoms with Gasteiger partial charge in [-0.2, -0.15) is 0 Å². The Hall–Kier alpha value is -1.35. The minimum atomic E-state index is 0.0478. The Balaban J connectivity index is 1.68. The van der Waals surface area contributed by atoms with Crippen molar-refractivity contribution in [3.63, 3.8) is 0 Å². The number of nitrogens with one attached hydrogen (secondary N) is 1. The van der Waals surface area contributed by atoms with Crippen molar-refractivity contribution in [3.05, 3.63) is 34.9 Å². The van der Waals surface area contributed by atoms with Gasteiger partial charge < -0.3 is 0 Å². The molecule has 1 amide bonds. The summed E-state index contributed by atoms with van der Waals surface area (Å²) >= 11 is 0. The Morgan fingerprint density at radius 1 is 1.00 bits per heavy atom. The van der Waals surface area contributed by atoms with Crippen LogP contribution in [0.15, 0.2) is 18.2 Å². The number of benzene rings is 1. The fourth-order valence-electron chi connectivity index (χ4n) is 2.93. The number of rotatable bonds is 2. The third-order valence-electron chi connectivity index (χ3n) is 3.98. The molecule has 1 aromatic carbocycles. The van der Waals surface area contributed by atoms with E-state index in [4.69, 9.17) is 0 Å². The van der Waals surface area contributed by atoms with Crippen molar-refractivity contribution in [1.29, 1.82) is 0 Å². The van der Waals surface area contributed by atoms with E-state index in [0.717, 1.165) is 25.1 Å². The standard InChI is InChI=1S/C15H20N2O/c18-15(16-17-9-2-1-3-10-17)14-8-7-12-5-4-6-13(12)11-14/h7-8,11H,1-6,9-10H2,(H,16,18). The normalized spacial score (nSPS) is 19.6. The highest BCUT2D eigenvalue weighted by molar-refractivity contribution is 5.94. The van der Waals surface area contributed by atoms with Crippen molar-refractivity contribution in [3.8, 4) is 0 Å². The first-order chi connectivity index (χ1) is 8.83. The van der Waals surface area contributed by atoms with Gasteiger partial charge in [-0.05, 0) is 55.4 Å². The Morgan fingerprint density at radius 3 is 2.61 bits per heavy atom. The lowest BCUT2D eigenvalue weighted by atomic mass is 10.1. The molecule has 3 rings (SSSR count). The number of hydrogen-bond acceptors (Lipinski definition) is 2. The number of nitrogens with zero attached hydrogens (tertiary/aromatic N) is 1. The first-order valence-electron chi connectivity index (χ1n) is 7.01. The highest BCUT2D eigenvalue weighted by Crippen LogP contribution is 2.22. The van der Waals surface area contributed by atoms with E-state index < -0.39 is 0 Å². The van der Waals surface area contributed by atoms with Gasteiger partial charge in [0.15, 0.2) is 0 Å². The molecule has 18 heavy (non-hydrogen) atoms. The molecule has 1 aliphatic heterocycles. The number of carbonyl (C=O) groups excluding carboxylic acids is 1. The van der Waals surface area contributed by atoms with E-state index in [1.807, 2.05) is 6.07 Å². The molecule has 96 valence electrons. The third-order valence-corrected chi connectivity index (χ3v) is 3.98. The van der Waals surface area contributed by atoms with Gasteiger partial charge in [0, 0.05) is 18.7 Å². The van der Waals surface area contributed by atoms with Crippen molar-refractivity contribution >= 4 is 5.91 Å². The van der Waals surface area contributed by atoms with Crippen LogP contribution in [0.5, 0.6) is 0 Å². The minimum absolute atomic E-state index is 0.0478. The van der Waals surface area contributed by atoms with Crippen molar-refractivity contribution in [2.24, 2.45) is 0 Å². The molecule has 2 aliphatic rings. The molecule has 0 bridgehead atoms. The molecule has 0 unspecified atom stereocenters. The van der Waals surface area contributed by atoms with Crippen molar-refractivity contribution in [2.45, 2.75) is 38.5 Å². The average molecular weight is 244 g/mol. The van der Waals surface area contributed by atoms with E-state index >= 15 is 0 Å². The van der Waals surface area contributed by atoms with Gasteiger partial charge in [-0.3, -0.25) is 10.2 Å². The molecule has 3 heteroatoms. The van der Waals surface area contributed by atoms with Crippen LogP contribution in [0.1, 0.15) is 47.2 Å². The summed E-state index contributed by atoms with van der Waals surface area (Å²) in [5, 5.41) is 2.05. The number of hydrazine groups is 1. The van der Waals surface area contributed by atoms with E-state index in [2.05, 4.69) is 22.6 Å². The molecular formula is C15H20N2O. The van der Waals surface area contributed by atoms with Gasteiger partial charge in [-0.25, -0.2) is 5.01 Å². The van der Waals surface area contributed by atoms with E-state index in [1.165, 1.54) is 43.2 Å². The third kappa shape index (κ3) is 2.41. The Morgan fingerprint density at radius 2 is 1.78 bits per heavy atom. The zero-order valence-corrected chi connectivity index (χ0v) is 10.7. The van der Waals surface area contributed by atoms with Crippen LogP contribution in [0, 0.1) is 0 Å². The summed E-state index contributed by atoms with van der Waals surface area (Å²) < 4.78 is 0. The minimum Gasteiger partial charge on any atom is -0.285 e. The Bertz CT molecular complexity index is 450. The molecule has 3 nitrogen and oxygen atoms in total. The fourth-order valence-corrected chi connectivity index (χ4v) is 2.93. The van der Waals surface area contributed by atoms with Gasteiger partial charge in [0.2, 0.25) is 0 Å². The monoisotopic (exact) mass is 244 g/mol. The molecule has 1 saturated heterocycles. The second-order valence-electron chi connectivity index (χ2n) is 5.33. The van der Waals surface area contributed by atoms with Crippen LogP contribution >= 0.6 is 0 Å². The maximum absolute atomic E-state index is 12.2. The predicted molar refractivity (Wildman–Crippen MR) is 71.4 cm³/mol. The first-order valence-corrected chi connectivity index (χ1v) is 7.01. The topological polar surface area (TPSA) is 32.3 Å². The predicted octanol–water partition coefficient (Wildman–Crippen LogP) is 2.31. The Kier molecular flexibility index (Phi) is 3.33. The zero-order chi connectivity index (χ0) is 12.4. The summed E-state index contributed by atoms with van der Waals surface area (Å²) in [6.07, 6.45) is 7.18. The highest BCUT2D eigenvalue weighted by Gasteiger charge is 2.16. The van der Waals surface area contributed by atoms with E-state index in [-0.39, 0.29) is 5.91 Å².